The number of carbonyl (C=O) groups is 1. The monoisotopic (exact) mass is 267 g/mol. The van der Waals surface area contributed by atoms with E-state index in [-0.39, 0.29) is 11.9 Å². The highest BCUT2D eigenvalue weighted by Gasteiger charge is 2.18. The molecule has 1 amide bonds. The van der Waals surface area contributed by atoms with Gasteiger partial charge in [-0.15, -0.1) is 0 Å². The topological polar surface area (TPSA) is 77.2 Å². The molecule has 0 fully saturated rings. The van der Waals surface area contributed by atoms with Crippen molar-refractivity contribution in [3.05, 3.63) is 24.0 Å². The number of nitrogens with zero attached hydrogens (tertiary/aromatic N) is 1. The molecule has 0 aliphatic rings. The molecule has 1 atom stereocenters. The molecule has 6 heteroatoms. The lowest BCUT2D eigenvalue weighted by molar-refractivity contribution is 0.0942. The van der Waals surface area contributed by atoms with E-state index in [1.165, 1.54) is 19.5 Å². The van der Waals surface area contributed by atoms with Crippen LogP contribution in [0.1, 0.15) is 30.1 Å². The molecule has 0 radical (unpaired) electrons. The van der Waals surface area contributed by atoms with Crippen molar-refractivity contribution in [2.75, 3.05) is 7.11 Å². The zero-order valence-corrected chi connectivity index (χ0v) is 11.3. The number of methoxy groups -OCH3 is 1. The maximum absolute atomic E-state index is 12.1. The summed E-state index contributed by atoms with van der Waals surface area (Å²) in [5.74, 6) is 0.161. The summed E-state index contributed by atoms with van der Waals surface area (Å²) in [5, 5.41) is 2.80. The standard InChI is InChI=1S/C12H17N3O2S/c1-3-4-9(11(13)18)15-12(16)8-5-6-14-7-10(8)17-2/h5-7,9H,3-4H2,1-2H3,(H2,13,18)(H,15,16). The number of thiocarbonyl (C=S) groups is 1. The minimum atomic E-state index is -0.296. The third-order valence-electron chi connectivity index (χ3n) is 2.48. The van der Waals surface area contributed by atoms with Gasteiger partial charge in [-0.2, -0.15) is 0 Å². The Kier molecular flexibility index (Phi) is 5.51. The molecule has 1 unspecified atom stereocenters. The van der Waals surface area contributed by atoms with E-state index in [1.807, 2.05) is 6.92 Å². The number of rotatable bonds is 6. The van der Waals surface area contributed by atoms with Gasteiger partial charge in [-0.05, 0) is 12.5 Å². The summed E-state index contributed by atoms with van der Waals surface area (Å²) in [6, 6.07) is 1.30. The zero-order valence-electron chi connectivity index (χ0n) is 10.5. The first-order valence-electron chi connectivity index (χ1n) is 5.68. The molecule has 1 rings (SSSR count). The largest absolute Gasteiger partial charge is 0.494 e. The first-order valence-corrected chi connectivity index (χ1v) is 6.09. The zero-order chi connectivity index (χ0) is 13.5. The quantitative estimate of drug-likeness (QED) is 0.759. The SMILES string of the molecule is CCCC(NC(=O)c1ccncc1OC)C(N)=S. The Morgan fingerprint density at radius 2 is 2.39 bits per heavy atom. The summed E-state index contributed by atoms with van der Waals surface area (Å²) >= 11 is 4.93. The van der Waals surface area contributed by atoms with Gasteiger partial charge in [0.05, 0.1) is 29.9 Å². The van der Waals surface area contributed by atoms with Crippen molar-refractivity contribution in [3.8, 4) is 5.75 Å². The Hall–Kier alpha value is -1.69. The van der Waals surface area contributed by atoms with Crippen LogP contribution in [0, 0.1) is 0 Å². The molecule has 1 heterocycles. The van der Waals surface area contributed by atoms with Crippen LogP contribution in [0.15, 0.2) is 18.5 Å². The Bertz CT molecular complexity index is 437. The van der Waals surface area contributed by atoms with Gasteiger partial charge in [0.25, 0.3) is 5.91 Å². The number of nitrogens with two attached hydrogens (primary N) is 1. The highest BCUT2D eigenvalue weighted by Crippen LogP contribution is 2.15. The molecule has 3 N–H and O–H groups in total. The second kappa shape index (κ2) is 6.90. The molecular weight excluding hydrogens is 250 g/mol. The Morgan fingerprint density at radius 1 is 1.67 bits per heavy atom. The summed E-state index contributed by atoms with van der Waals surface area (Å²) in [6.07, 6.45) is 4.63. The van der Waals surface area contributed by atoms with E-state index < -0.39 is 0 Å². The van der Waals surface area contributed by atoms with Gasteiger partial charge in [-0.3, -0.25) is 9.78 Å². The highest BCUT2D eigenvalue weighted by molar-refractivity contribution is 7.80. The normalized spacial score (nSPS) is 11.7. The van der Waals surface area contributed by atoms with Gasteiger partial charge in [0.1, 0.15) is 5.75 Å². The maximum atomic E-state index is 12.1. The van der Waals surface area contributed by atoms with Crippen molar-refractivity contribution in [3.63, 3.8) is 0 Å². The third kappa shape index (κ3) is 3.66. The van der Waals surface area contributed by atoms with Gasteiger partial charge in [0.15, 0.2) is 0 Å². The van der Waals surface area contributed by atoms with Crippen molar-refractivity contribution < 1.29 is 9.53 Å². The number of hydrogen-bond donors (Lipinski definition) is 2. The van der Waals surface area contributed by atoms with Crippen LogP contribution in [0.3, 0.4) is 0 Å². The summed E-state index contributed by atoms with van der Waals surface area (Å²) in [4.78, 5) is 16.3. The molecule has 98 valence electrons. The van der Waals surface area contributed by atoms with E-state index in [0.29, 0.717) is 22.7 Å². The molecule has 0 saturated heterocycles. The second-order valence-electron chi connectivity index (χ2n) is 3.79. The van der Waals surface area contributed by atoms with Crippen molar-refractivity contribution in [1.29, 1.82) is 0 Å². The minimum absolute atomic E-state index is 0.263. The van der Waals surface area contributed by atoms with Crippen LogP contribution in [0.25, 0.3) is 0 Å². The second-order valence-corrected chi connectivity index (χ2v) is 4.26. The van der Waals surface area contributed by atoms with Gasteiger partial charge in [-0.25, -0.2) is 0 Å². The molecular formula is C12H17N3O2S. The average Bonchev–Trinajstić information content (AvgIpc) is 2.37. The fraction of sp³-hybridized carbons (Fsp3) is 0.417. The lowest BCUT2D eigenvalue weighted by Crippen LogP contribution is -2.43. The molecule has 5 nitrogen and oxygen atoms in total. The van der Waals surface area contributed by atoms with Gasteiger partial charge >= 0.3 is 0 Å². The maximum Gasteiger partial charge on any atom is 0.255 e. The van der Waals surface area contributed by atoms with Gasteiger partial charge < -0.3 is 15.8 Å². The average molecular weight is 267 g/mol. The molecule has 1 aromatic heterocycles. The lowest BCUT2D eigenvalue weighted by atomic mass is 10.1. The highest BCUT2D eigenvalue weighted by atomic mass is 32.1. The molecule has 0 aliphatic carbocycles. The number of ether oxygens (including phenoxy) is 1. The Balaban J connectivity index is 2.83. The fourth-order valence-corrected chi connectivity index (χ4v) is 1.72. The van der Waals surface area contributed by atoms with Crippen LogP contribution < -0.4 is 15.8 Å². The van der Waals surface area contributed by atoms with Crippen LogP contribution in [0.2, 0.25) is 0 Å². The first kappa shape index (κ1) is 14.4. The Labute approximate surface area is 112 Å². The van der Waals surface area contributed by atoms with E-state index in [4.69, 9.17) is 22.7 Å². The van der Waals surface area contributed by atoms with Crippen LogP contribution in [-0.4, -0.2) is 29.0 Å². The smallest absolute Gasteiger partial charge is 0.255 e. The van der Waals surface area contributed by atoms with E-state index in [2.05, 4.69) is 10.3 Å². The number of pyridine rings is 1. The summed E-state index contributed by atoms with van der Waals surface area (Å²) < 4.78 is 5.08. The van der Waals surface area contributed by atoms with Gasteiger partial charge in [0, 0.05) is 6.20 Å². The molecule has 0 aromatic carbocycles. The van der Waals surface area contributed by atoms with Crippen LogP contribution in [0.5, 0.6) is 5.75 Å². The lowest BCUT2D eigenvalue weighted by Gasteiger charge is -2.17. The molecule has 1 aromatic rings. The van der Waals surface area contributed by atoms with Crippen LogP contribution >= 0.6 is 12.2 Å². The molecule has 0 bridgehead atoms. The molecule has 0 spiro atoms. The number of amides is 1. The molecule has 18 heavy (non-hydrogen) atoms. The van der Waals surface area contributed by atoms with Gasteiger partial charge in [-0.1, -0.05) is 25.6 Å². The number of hydrogen-bond acceptors (Lipinski definition) is 4. The Morgan fingerprint density at radius 3 is 2.94 bits per heavy atom. The fourth-order valence-electron chi connectivity index (χ4n) is 1.54. The van der Waals surface area contributed by atoms with E-state index >= 15 is 0 Å². The predicted octanol–water partition coefficient (Wildman–Crippen LogP) is 1.27. The number of nitrogens with one attached hydrogen (secondary N) is 1. The minimum Gasteiger partial charge on any atom is -0.494 e. The van der Waals surface area contributed by atoms with Crippen molar-refractivity contribution >= 4 is 23.1 Å². The first-order chi connectivity index (χ1) is 8.60. The van der Waals surface area contributed by atoms with E-state index in [0.717, 1.165) is 6.42 Å². The van der Waals surface area contributed by atoms with Crippen LogP contribution in [0.4, 0.5) is 0 Å². The molecule has 0 aliphatic heterocycles. The summed E-state index contributed by atoms with van der Waals surface area (Å²) in [7, 11) is 1.49. The van der Waals surface area contributed by atoms with Crippen LogP contribution in [-0.2, 0) is 0 Å². The third-order valence-corrected chi connectivity index (χ3v) is 2.76. The summed E-state index contributed by atoms with van der Waals surface area (Å²) in [6.45, 7) is 2.00. The van der Waals surface area contributed by atoms with Crippen molar-refractivity contribution in [2.45, 2.75) is 25.8 Å². The summed E-state index contributed by atoms with van der Waals surface area (Å²) in [5.41, 5.74) is 6.01. The molecule has 0 saturated carbocycles. The van der Waals surface area contributed by atoms with E-state index in [9.17, 15) is 4.79 Å². The number of aromatic nitrogens is 1. The van der Waals surface area contributed by atoms with Crippen molar-refractivity contribution in [1.82, 2.24) is 10.3 Å². The van der Waals surface area contributed by atoms with Crippen molar-refractivity contribution in [2.24, 2.45) is 5.73 Å². The van der Waals surface area contributed by atoms with E-state index in [1.54, 1.807) is 6.07 Å². The number of carbonyl (C=O) groups excluding carboxylic acids is 1. The van der Waals surface area contributed by atoms with Gasteiger partial charge in [0.2, 0.25) is 0 Å². The predicted molar refractivity (Wildman–Crippen MR) is 73.7 cm³/mol.